The van der Waals surface area contributed by atoms with Gasteiger partial charge in [-0.1, -0.05) is 17.8 Å². The number of carbonyl (C=O) groups is 1. The van der Waals surface area contributed by atoms with Crippen molar-refractivity contribution in [3.8, 4) is 5.88 Å². The number of hydrogen-bond donors (Lipinski definition) is 1. The SMILES string of the molecule is COc1ccc(CNC(=O)CSc2nc(C)cc(C)n2)cn1. The molecule has 0 aromatic carbocycles. The average molecular weight is 318 g/mol. The number of hydrogen-bond acceptors (Lipinski definition) is 6. The monoisotopic (exact) mass is 318 g/mol. The van der Waals surface area contributed by atoms with Gasteiger partial charge < -0.3 is 10.1 Å². The summed E-state index contributed by atoms with van der Waals surface area (Å²) < 4.78 is 4.99. The molecular formula is C15H18N4O2S. The minimum Gasteiger partial charge on any atom is -0.481 e. The first kappa shape index (κ1) is 16.2. The summed E-state index contributed by atoms with van der Waals surface area (Å²) in [6, 6.07) is 5.53. The molecule has 0 aliphatic heterocycles. The molecule has 0 saturated heterocycles. The van der Waals surface area contributed by atoms with E-state index in [4.69, 9.17) is 4.74 Å². The molecule has 2 heterocycles. The minimum atomic E-state index is -0.0661. The smallest absolute Gasteiger partial charge is 0.230 e. The number of ether oxygens (including phenoxy) is 1. The fraction of sp³-hybridized carbons (Fsp3) is 0.333. The minimum absolute atomic E-state index is 0.0661. The summed E-state index contributed by atoms with van der Waals surface area (Å²) in [6.45, 7) is 4.26. The molecular weight excluding hydrogens is 300 g/mol. The van der Waals surface area contributed by atoms with E-state index >= 15 is 0 Å². The molecule has 6 nitrogen and oxygen atoms in total. The summed E-state index contributed by atoms with van der Waals surface area (Å²) in [7, 11) is 1.57. The van der Waals surface area contributed by atoms with E-state index < -0.39 is 0 Å². The Kier molecular flexibility index (Phi) is 5.71. The molecule has 2 aromatic heterocycles. The van der Waals surface area contributed by atoms with E-state index in [-0.39, 0.29) is 11.7 Å². The van der Waals surface area contributed by atoms with Crippen LogP contribution >= 0.6 is 11.8 Å². The van der Waals surface area contributed by atoms with E-state index in [0.29, 0.717) is 17.6 Å². The number of methoxy groups -OCH3 is 1. The molecule has 0 atom stereocenters. The van der Waals surface area contributed by atoms with Crippen LogP contribution in [0.4, 0.5) is 0 Å². The third kappa shape index (κ3) is 5.00. The molecule has 0 aliphatic rings. The van der Waals surface area contributed by atoms with Crippen LogP contribution < -0.4 is 10.1 Å². The topological polar surface area (TPSA) is 77.0 Å². The molecule has 0 radical (unpaired) electrons. The van der Waals surface area contributed by atoms with E-state index in [2.05, 4.69) is 20.3 Å². The first-order chi connectivity index (χ1) is 10.6. The second-order valence-corrected chi connectivity index (χ2v) is 5.65. The summed E-state index contributed by atoms with van der Waals surface area (Å²) >= 11 is 1.33. The first-order valence-electron chi connectivity index (χ1n) is 6.77. The van der Waals surface area contributed by atoms with Crippen LogP contribution in [0.15, 0.2) is 29.6 Å². The molecule has 116 valence electrons. The average Bonchev–Trinajstić information content (AvgIpc) is 2.50. The van der Waals surface area contributed by atoms with Crippen molar-refractivity contribution < 1.29 is 9.53 Å². The number of nitrogens with zero attached hydrogens (tertiary/aromatic N) is 3. The van der Waals surface area contributed by atoms with Gasteiger partial charge in [-0.3, -0.25) is 4.79 Å². The molecule has 1 N–H and O–H groups in total. The van der Waals surface area contributed by atoms with Crippen LogP contribution in [0, 0.1) is 13.8 Å². The van der Waals surface area contributed by atoms with Crippen molar-refractivity contribution in [3.05, 3.63) is 41.3 Å². The van der Waals surface area contributed by atoms with Gasteiger partial charge in [-0.2, -0.15) is 0 Å². The molecule has 7 heteroatoms. The zero-order chi connectivity index (χ0) is 15.9. The maximum atomic E-state index is 11.9. The van der Waals surface area contributed by atoms with Crippen LogP contribution in [0.3, 0.4) is 0 Å². The number of nitrogens with one attached hydrogen (secondary N) is 1. The van der Waals surface area contributed by atoms with Gasteiger partial charge >= 0.3 is 0 Å². The van der Waals surface area contributed by atoms with Crippen molar-refractivity contribution in [3.63, 3.8) is 0 Å². The van der Waals surface area contributed by atoms with Gasteiger partial charge in [-0.15, -0.1) is 0 Å². The van der Waals surface area contributed by atoms with Gasteiger partial charge in [0.15, 0.2) is 5.16 Å². The molecule has 0 bridgehead atoms. The number of carbonyl (C=O) groups excluding carboxylic acids is 1. The highest BCUT2D eigenvalue weighted by Gasteiger charge is 2.06. The van der Waals surface area contributed by atoms with E-state index in [1.807, 2.05) is 26.0 Å². The van der Waals surface area contributed by atoms with Crippen LogP contribution in [0.5, 0.6) is 5.88 Å². The summed E-state index contributed by atoms with van der Waals surface area (Å²) in [4.78, 5) is 24.5. The quantitative estimate of drug-likeness (QED) is 0.647. The van der Waals surface area contributed by atoms with Crippen molar-refractivity contribution in [1.82, 2.24) is 20.3 Å². The molecule has 2 aromatic rings. The molecule has 0 unspecified atom stereocenters. The Morgan fingerprint density at radius 1 is 1.27 bits per heavy atom. The Bertz CT molecular complexity index is 626. The predicted octanol–water partition coefficient (Wildman–Crippen LogP) is 1.91. The second kappa shape index (κ2) is 7.74. The number of aromatic nitrogens is 3. The van der Waals surface area contributed by atoms with Crippen molar-refractivity contribution in [2.75, 3.05) is 12.9 Å². The Morgan fingerprint density at radius 3 is 2.59 bits per heavy atom. The van der Waals surface area contributed by atoms with Crippen LogP contribution in [-0.2, 0) is 11.3 Å². The van der Waals surface area contributed by atoms with Gasteiger partial charge in [0.25, 0.3) is 0 Å². The van der Waals surface area contributed by atoms with Gasteiger partial charge in [-0.25, -0.2) is 15.0 Å². The van der Waals surface area contributed by atoms with Gasteiger partial charge in [0, 0.05) is 30.2 Å². The van der Waals surface area contributed by atoms with Crippen molar-refractivity contribution in [1.29, 1.82) is 0 Å². The largest absolute Gasteiger partial charge is 0.481 e. The van der Waals surface area contributed by atoms with Gasteiger partial charge in [0.05, 0.1) is 12.9 Å². The molecule has 0 aliphatic carbocycles. The zero-order valence-electron chi connectivity index (χ0n) is 12.8. The van der Waals surface area contributed by atoms with Gasteiger partial charge in [0.2, 0.25) is 11.8 Å². The van der Waals surface area contributed by atoms with Crippen molar-refractivity contribution >= 4 is 17.7 Å². The van der Waals surface area contributed by atoms with E-state index in [1.165, 1.54) is 11.8 Å². The van der Waals surface area contributed by atoms with Crippen molar-refractivity contribution in [2.45, 2.75) is 25.5 Å². The van der Waals surface area contributed by atoms with Crippen LogP contribution in [0.25, 0.3) is 0 Å². The molecule has 0 spiro atoms. The lowest BCUT2D eigenvalue weighted by Gasteiger charge is -2.06. The number of rotatable bonds is 6. The summed E-state index contributed by atoms with van der Waals surface area (Å²) in [5.74, 6) is 0.771. The van der Waals surface area contributed by atoms with E-state index in [9.17, 15) is 4.79 Å². The maximum Gasteiger partial charge on any atom is 0.230 e. The second-order valence-electron chi connectivity index (χ2n) is 4.71. The summed E-state index contributed by atoms with van der Waals surface area (Å²) in [5, 5.41) is 3.46. The Morgan fingerprint density at radius 2 is 2.00 bits per heavy atom. The lowest BCUT2D eigenvalue weighted by Crippen LogP contribution is -2.24. The Hall–Kier alpha value is -2.15. The molecule has 0 fully saturated rings. The maximum absolute atomic E-state index is 11.9. The summed E-state index contributed by atoms with van der Waals surface area (Å²) in [5.41, 5.74) is 2.72. The molecule has 22 heavy (non-hydrogen) atoms. The van der Waals surface area contributed by atoms with Crippen molar-refractivity contribution in [2.24, 2.45) is 0 Å². The number of pyridine rings is 1. The summed E-state index contributed by atoms with van der Waals surface area (Å²) in [6.07, 6.45) is 1.68. The number of aryl methyl sites for hydroxylation is 2. The van der Waals surface area contributed by atoms with E-state index in [0.717, 1.165) is 17.0 Å². The standard InChI is InChI=1S/C15H18N4O2S/c1-10-6-11(2)19-15(18-10)22-9-13(20)16-7-12-4-5-14(21-3)17-8-12/h4-6,8H,7,9H2,1-3H3,(H,16,20). The third-order valence-electron chi connectivity index (χ3n) is 2.79. The fourth-order valence-corrected chi connectivity index (χ4v) is 2.56. The third-order valence-corrected chi connectivity index (χ3v) is 3.64. The van der Waals surface area contributed by atoms with Crippen LogP contribution in [-0.4, -0.2) is 33.7 Å². The molecule has 0 saturated carbocycles. The predicted molar refractivity (Wildman–Crippen MR) is 84.9 cm³/mol. The zero-order valence-corrected chi connectivity index (χ0v) is 13.6. The lowest BCUT2D eigenvalue weighted by atomic mass is 10.3. The van der Waals surface area contributed by atoms with Gasteiger partial charge in [-0.05, 0) is 25.5 Å². The number of amides is 1. The Balaban J connectivity index is 1.80. The Labute approximate surface area is 133 Å². The van der Waals surface area contributed by atoms with Crippen LogP contribution in [0.2, 0.25) is 0 Å². The lowest BCUT2D eigenvalue weighted by molar-refractivity contribution is -0.118. The molecule has 2 rings (SSSR count). The highest BCUT2D eigenvalue weighted by Crippen LogP contribution is 2.13. The number of thioether (sulfide) groups is 1. The van der Waals surface area contributed by atoms with E-state index in [1.54, 1.807) is 19.4 Å². The highest BCUT2D eigenvalue weighted by molar-refractivity contribution is 7.99. The van der Waals surface area contributed by atoms with Gasteiger partial charge in [0.1, 0.15) is 0 Å². The fourth-order valence-electron chi connectivity index (χ4n) is 1.78. The normalized spacial score (nSPS) is 10.3. The first-order valence-corrected chi connectivity index (χ1v) is 7.76. The van der Waals surface area contributed by atoms with Crippen LogP contribution in [0.1, 0.15) is 17.0 Å². The highest BCUT2D eigenvalue weighted by atomic mass is 32.2. The molecule has 1 amide bonds.